The van der Waals surface area contributed by atoms with E-state index in [4.69, 9.17) is 11.6 Å². The molecule has 20 heavy (non-hydrogen) atoms. The van der Waals surface area contributed by atoms with Crippen molar-refractivity contribution in [2.24, 2.45) is 17.8 Å². The molecular weight excluding hydrogens is 264 g/mol. The summed E-state index contributed by atoms with van der Waals surface area (Å²) in [6, 6.07) is 11.4. The van der Waals surface area contributed by atoms with Crippen LogP contribution in [0.2, 0.25) is 0 Å². The quantitative estimate of drug-likeness (QED) is 0.659. The summed E-state index contributed by atoms with van der Waals surface area (Å²) >= 11 is 6.91. The summed E-state index contributed by atoms with van der Waals surface area (Å²) < 4.78 is 0. The Labute approximate surface area is 125 Å². The summed E-state index contributed by atoms with van der Waals surface area (Å²) in [5.74, 6) is 2.62. The molecule has 5 rings (SSSR count). The zero-order valence-corrected chi connectivity index (χ0v) is 12.4. The monoisotopic (exact) mass is 282 g/mol. The van der Waals surface area contributed by atoms with E-state index in [1.54, 1.807) is 0 Å². The van der Waals surface area contributed by atoms with Crippen LogP contribution in [0.4, 0.5) is 0 Å². The fraction of sp³-hybridized carbons (Fsp3) is 0.474. The van der Waals surface area contributed by atoms with Crippen molar-refractivity contribution < 1.29 is 0 Å². The van der Waals surface area contributed by atoms with Gasteiger partial charge in [-0.05, 0) is 70.9 Å². The lowest BCUT2D eigenvalue weighted by atomic mass is 9.94. The molecule has 2 aromatic carbocycles. The lowest BCUT2D eigenvalue weighted by Crippen LogP contribution is -2.00. The zero-order valence-electron chi connectivity index (χ0n) is 11.6. The Bertz CT molecular complexity index is 682. The van der Waals surface area contributed by atoms with Crippen molar-refractivity contribution in [2.45, 2.75) is 37.5 Å². The number of fused-ring (bicyclic) bond motifs is 1. The second kappa shape index (κ2) is 4.01. The summed E-state index contributed by atoms with van der Waals surface area (Å²) in [6.07, 6.45) is 6.68. The molecule has 0 spiro atoms. The molecule has 2 saturated carbocycles. The minimum Gasteiger partial charge on any atom is -0.117 e. The van der Waals surface area contributed by atoms with Gasteiger partial charge in [-0.1, -0.05) is 36.8 Å². The molecule has 3 aliphatic carbocycles. The summed E-state index contributed by atoms with van der Waals surface area (Å²) in [5, 5.41) is 3.18. The van der Waals surface area contributed by atoms with E-state index in [1.165, 1.54) is 59.6 Å². The van der Waals surface area contributed by atoms with Gasteiger partial charge in [-0.25, -0.2) is 0 Å². The first kappa shape index (κ1) is 11.6. The highest BCUT2D eigenvalue weighted by molar-refractivity contribution is 6.22. The van der Waals surface area contributed by atoms with E-state index in [0.29, 0.717) is 0 Å². The van der Waals surface area contributed by atoms with E-state index in [0.717, 1.165) is 17.8 Å². The number of hydrogen-bond acceptors (Lipinski definition) is 0. The molecule has 0 amide bonds. The summed E-state index contributed by atoms with van der Waals surface area (Å²) in [6.45, 7) is 0. The molecule has 0 saturated heterocycles. The Morgan fingerprint density at radius 2 is 1.70 bits per heavy atom. The minimum atomic E-state index is 0.232. The zero-order chi connectivity index (χ0) is 13.3. The molecule has 0 radical (unpaired) electrons. The van der Waals surface area contributed by atoms with Crippen LogP contribution in [-0.2, 0) is 12.8 Å². The first-order valence-corrected chi connectivity index (χ1v) is 8.45. The molecule has 0 heterocycles. The molecule has 0 nitrogen and oxygen atoms in total. The van der Waals surface area contributed by atoms with Crippen molar-refractivity contribution in [3.05, 3.63) is 47.0 Å². The lowest BCUT2D eigenvalue weighted by Gasteiger charge is -2.16. The Morgan fingerprint density at radius 1 is 0.950 bits per heavy atom. The first-order chi connectivity index (χ1) is 9.84. The largest absolute Gasteiger partial charge is 0.117 e. The average molecular weight is 283 g/mol. The fourth-order valence-corrected chi connectivity index (χ4v) is 5.59. The number of benzene rings is 2. The average Bonchev–Trinajstić information content (AvgIpc) is 2.84. The molecule has 0 aromatic heterocycles. The highest BCUT2D eigenvalue weighted by Gasteiger charge is 2.55. The third kappa shape index (κ3) is 1.44. The van der Waals surface area contributed by atoms with Gasteiger partial charge in [-0.2, -0.15) is 0 Å². The number of hydrogen-bond donors (Lipinski definition) is 0. The topological polar surface area (TPSA) is 0 Å². The van der Waals surface area contributed by atoms with Crippen molar-refractivity contribution in [2.75, 3.05) is 0 Å². The molecule has 0 N–H and O–H groups in total. The Balaban J connectivity index is 1.63. The van der Waals surface area contributed by atoms with Gasteiger partial charge < -0.3 is 0 Å². The summed E-state index contributed by atoms with van der Waals surface area (Å²) in [4.78, 5) is 0. The summed E-state index contributed by atoms with van der Waals surface area (Å²) in [7, 11) is 0. The Morgan fingerprint density at radius 3 is 2.50 bits per heavy atom. The smallest absolute Gasteiger partial charge is 0.0624 e. The van der Waals surface area contributed by atoms with Gasteiger partial charge >= 0.3 is 0 Å². The third-order valence-electron chi connectivity index (χ3n) is 6.02. The fourth-order valence-electron chi connectivity index (χ4n) is 5.03. The minimum absolute atomic E-state index is 0.232. The maximum Gasteiger partial charge on any atom is 0.0624 e. The van der Waals surface area contributed by atoms with Crippen molar-refractivity contribution in [3.63, 3.8) is 0 Å². The van der Waals surface area contributed by atoms with Gasteiger partial charge in [0.25, 0.3) is 0 Å². The second-order valence-electron chi connectivity index (χ2n) is 6.89. The van der Waals surface area contributed by atoms with Crippen LogP contribution in [0.3, 0.4) is 0 Å². The van der Waals surface area contributed by atoms with E-state index in [1.807, 2.05) is 0 Å². The van der Waals surface area contributed by atoms with Gasteiger partial charge in [0, 0.05) is 0 Å². The number of halogens is 1. The van der Waals surface area contributed by atoms with Gasteiger partial charge in [-0.3, -0.25) is 0 Å². The number of rotatable bonds is 2. The molecule has 0 bridgehead atoms. The SMILES string of the molecule is ClC(c1ccc2c3c(cccc13)CC2)C1C2CCCC21. The third-order valence-corrected chi connectivity index (χ3v) is 6.54. The van der Waals surface area contributed by atoms with Crippen LogP contribution in [0, 0.1) is 17.8 Å². The molecule has 0 aliphatic heterocycles. The van der Waals surface area contributed by atoms with Crippen LogP contribution in [-0.4, -0.2) is 0 Å². The van der Waals surface area contributed by atoms with E-state index >= 15 is 0 Å². The van der Waals surface area contributed by atoms with E-state index in [9.17, 15) is 0 Å². The molecule has 3 atom stereocenters. The lowest BCUT2D eigenvalue weighted by molar-refractivity contribution is 0.575. The number of alkyl halides is 1. The molecule has 1 heteroatoms. The second-order valence-corrected chi connectivity index (χ2v) is 7.36. The van der Waals surface area contributed by atoms with E-state index in [2.05, 4.69) is 30.3 Å². The van der Waals surface area contributed by atoms with Gasteiger partial charge in [0.2, 0.25) is 0 Å². The normalized spacial score (nSPS) is 31.6. The maximum atomic E-state index is 6.91. The van der Waals surface area contributed by atoms with Crippen LogP contribution in [0.5, 0.6) is 0 Å². The summed E-state index contributed by atoms with van der Waals surface area (Å²) in [5.41, 5.74) is 4.45. The predicted octanol–water partition coefficient (Wildman–Crippen LogP) is 5.26. The van der Waals surface area contributed by atoms with Gasteiger partial charge in [0.1, 0.15) is 0 Å². The molecule has 3 unspecified atom stereocenters. The first-order valence-electron chi connectivity index (χ1n) is 8.02. The number of aryl methyl sites for hydroxylation is 2. The van der Waals surface area contributed by atoms with Crippen molar-refractivity contribution in [1.82, 2.24) is 0 Å². The molecule has 2 aromatic rings. The van der Waals surface area contributed by atoms with Gasteiger partial charge in [0.15, 0.2) is 0 Å². The maximum absolute atomic E-state index is 6.91. The highest BCUT2D eigenvalue weighted by atomic mass is 35.5. The standard InChI is InChI=1S/C19H19Cl/c20-19(18-13-5-2-6-14(13)18)16-10-9-12-8-7-11-3-1-4-15(16)17(11)12/h1,3-4,9-10,13-14,18-19H,2,5-8H2. The Hall–Kier alpha value is -1.01. The molecular formula is C19H19Cl. The van der Waals surface area contributed by atoms with Gasteiger partial charge in [-0.15, -0.1) is 11.6 Å². The van der Waals surface area contributed by atoms with Crippen molar-refractivity contribution >= 4 is 22.4 Å². The van der Waals surface area contributed by atoms with Crippen molar-refractivity contribution in [1.29, 1.82) is 0 Å². The van der Waals surface area contributed by atoms with Crippen molar-refractivity contribution in [3.8, 4) is 0 Å². The van der Waals surface area contributed by atoms with Crippen LogP contribution >= 0.6 is 11.6 Å². The van der Waals surface area contributed by atoms with Crippen LogP contribution in [0.1, 0.15) is 41.3 Å². The van der Waals surface area contributed by atoms with Crippen LogP contribution in [0.15, 0.2) is 30.3 Å². The predicted molar refractivity (Wildman–Crippen MR) is 84.3 cm³/mol. The molecule has 3 aliphatic rings. The molecule has 102 valence electrons. The van der Waals surface area contributed by atoms with Crippen LogP contribution < -0.4 is 0 Å². The van der Waals surface area contributed by atoms with Crippen LogP contribution in [0.25, 0.3) is 10.8 Å². The highest BCUT2D eigenvalue weighted by Crippen LogP contribution is 2.64. The van der Waals surface area contributed by atoms with Gasteiger partial charge in [0.05, 0.1) is 5.38 Å². The molecule has 2 fully saturated rings. The van der Waals surface area contributed by atoms with E-state index < -0.39 is 0 Å². The Kier molecular flexibility index (Phi) is 2.33. The van der Waals surface area contributed by atoms with E-state index in [-0.39, 0.29) is 5.38 Å².